The minimum absolute atomic E-state index is 0.131. The van der Waals surface area contributed by atoms with Gasteiger partial charge in [-0.15, -0.1) is 0 Å². The van der Waals surface area contributed by atoms with Crippen molar-refractivity contribution in [3.05, 3.63) is 29.3 Å². The third-order valence-electron chi connectivity index (χ3n) is 2.56. The second-order valence-corrected chi connectivity index (χ2v) is 5.85. The number of carbonyl (C=O) groups is 1. The predicted molar refractivity (Wildman–Crippen MR) is 71.7 cm³/mol. The lowest BCUT2D eigenvalue weighted by Crippen LogP contribution is -2.28. The van der Waals surface area contributed by atoms with Crippen LogP contribution in [0.2, 0.25) is 0 Å². The quantitative estimate of drug-likeness (QED) is 0.815. The van der Waals surface area contributed by atoms with Gasteiger partial charge in [0.1, 0.15) is 0 Å². The molecule has 0 saturated heterocycles. The second-order valence-electron chi connectivity index (χ2n) is 3.99. The molecule has 20 heavy (non-hydrogen) atoms. The Morgan fingerprint density at radius 1 is 1.40 bits per heavy atom. The van der Waals surface area contributed by atoms with E-state index < -0.39 is 34.1 Å². The molecule has 112 valence electrons. The summed E-state index contributed by atoms with van der Waals surface area (Å²) in [5, 5.41) is 2.42. The topological polar surface area (TPSA) is 72.2 Å². The normalized spacial score (nSPS) is 13.0. The number of nitrogen functional groups attached to an aromatic ring is 1. The molecular weight excluding hydrogens is 293 g/mol. The maximum absolute atomic E-state index is 12.6. The summed E-state index contributed by atoms with van der Waals surface area (Å²) in [6.07, 6.45) is -4.61. The van der Waals surface area contributed by atoms with E-state index in [4.69, 9.17) is 5.73 Å². The molecule has 0 aliphatic carbocycles. The van der Waals surface area contributed by atoms with Crippen LogP contribution in [-0.2, 0) is 17.0 Å². The summed E-state index contributed by atoms with van der Waals surface area (Å²) in [5.74, 6) is 0.0860. The highest BCUT2D eigenvalue weighted by Gasteiger charge is 2.33. The lowest BCUT2D eigenvalue weighted by atomic mass is 10.1. The summed E-state index contributed by atoms with van der Waals surface area (Å²) in [6.45, 7) is 1.89. The first-order chi connectivity index (χ1) is 9.25. The molecule has 4 nitrogen and oxygen atoms in total. The molecule has 1 atom stereocenters. The molecule has 0 radical (unpaired) electrons. The number of halogens is 3. The second kappa shape index (κ2) is 6.74. The minimum Gasteiger partial charge on any atom is -0.398 e. The molecule has 0 bridgehead atoms. The first kappa shape index (κ1) is 16.5. The van der Waals surface area contributed by atoms with Crippen molar-refractivity contribution < 1.29 is 22.2 Å². The molecule has 0 aliphatic rings. The number of hydrogen-bond donors (Lipinski definition) is 2. The SMILES string of the molecule is CCS(=O)CCNC(=O)c1ccc(N)c(C(F)(F)F)c1. The van der Waals surface area contributed by atoms with Crippen molar-refractivity contribution in [1.29, 1.82) is 0 Å². The number of nitrogens with two attached hydrogens (primary N) is 1. The van der Waals surface area contributed by atoms with E-state index >= 15 is 0 Å². The van der Waals surface area contributed by atoms with Crippen LogP contribution in [0.1, 0.15) is 22.8 Å². The van der Waals surface area contributed by atoms with Crippen LogP contribution in [0.3, 0.4) is 0 Å². The zero-order valence-electron chi connectivity index (χ0n) is 10.8. The first-order valence-corrected chi connectivity index (χ1v) is 7.34. The van der Waals surface area contributed by atoms with Gasteiger partial charge in [0.2, 0.25) is 0 Å². The van der Waals surface area contributed by atoms with Crippen molar-refractivity contribution in [2.24, 2.45) is 0 Å². The molecule has 1 unspecified atom stereocenters. The summed E-state index contributed by atoms with van der Waals surface area (Å²) in [6, 6.07) is 2.97. The highest BCUT2D eigenvalue weighted by Crippen LogP contribution is 2.33. The van der Waals surface area contributed by atoms with Gasteiger partial charge < -0.3 is 11.1 Å². The number of nitrogens with one attached hydrogen (secondary N) is 1. The largest absolute Gasteiger partial charge is 0.418 e. The molecule has 0 aliphatic heterocycles. The maximum atomic E-state index is 12.6. The van der Waals surface area contributed by atoms with Gasteiger partial charge in [-0.1, -0.05) is 6.92 Å². The predicted octanol–water partition coefficient (Wildman–Crippen LogP) is 1.79. The van der Waals surface area contributed by atoms with Gasteiger partial charge in [0.25, 0.3) is 5.91 Å². The average molecular weight is 308 g/mol. The van der Waals surface area contributed by atoms with Gasteiger partial charge in [-0.05, 0) is 18.2 Å². The van der Waals surface area contributed by atoms with Crippen molar-refractivity contribution in [2.45, 2.75) is 13.1 Å². The van der Waals surface area contributed by atoms with Gasteiger partial charge in [0.15, 0.2) is 0 Å². The minimum atomic E-state index is -4.61. The fraction of sp³-hybridized carbons (Fsp3) is 0.417. The van der Waals surface area contributed by atoms with Gasteiger partial charge in [-0.25, -0.2) is 0 Å². The number of anilines is 1. The fourth-order valence-corrected chi connectivity index (χ4v) is 2.09. The molecule has 8 heteroatoms. The fourth-order valence-electron chi connectivity index (χ4n) is 1.47. The highest BCUT2D eigenvalue weighted by atomic mass is 32.2. The molecule has 3 N–H and O–H groups in total. The van der Waals surface area contributed by atoms with Gasteiger partial charge >= 0.3 is 6.18 Å². The summed E-state index contributed by atoms with van der Waals surface area (Å²) >= 11 is 0. The Morgan fingerprint density at radius 2 is 2.05 bits per heavy atom. The van der Waals surface area contributed by atoms with E-state index in [0.29, 0.717) is 11.8 Å². The van der Waals surface area contributed by atoms with Gasteiger partial charge in [0.05, 0.1) is 5.56 Å². The Morgan fingerprint density at radius 3 is 2.60 bits per heavy atom. The maximum Gasteiger partial charge on any atom is 0.418 e. The van der Waals surface area contributed by atoms with Crippen LogP contribution in [0.25, 0.3) is 0 Å². The monoisotopic (exact) mass is 308 g/mol. The Hall–Kier alpha value is -1.57. The zero-order valence-corrected chi connectivity index (χ0v) is 11.6. The van der Waals surface area contributed by atoms with Crippen molar-refractivity contribution in [1.82, 2.24) is 5.32 Å². The van der Waals surface area contributed by atoms with Gasteiger partial charge in [-0.2, -0.15) is 13.2 Å². The molecule has 0 saturated carbocycles. The third kappa shape index (κ3) is 4.52. The molecule has 0 fully saturated rings. The molecule has 1 amide bonds. The van der Waals surface area contributed by atoms with E-state index in [1.54, 1.807) is 6.92 Å². The highest BCUT2D eigenvalue weighted by molar-refractivity contribution is 7.84. The standard InChI is InChI=1S/C12H15F3N2O2S/c1-2-20(19)6-5-17-11(18)8-3-4-10(16)9(7-8)12(13,14)15/h3-4,7H,2,5-6,16H2,1H3,(H,17,18). The van der Waals surface area contributed by atoms with Crippen LogP contribution >= 0.6 is 0 Å². The molecule has 0 heterocycles. The van der Waals surface area contributed by atoms with Crippen molar-refractivity contribution in [2.75, 3.05) is 23.8 Å². The number of alkyl halides is 3. The number of benzene rings is 1. The van der Waals surface area contributed by atoms with Gasteiger partial charge in [0, 0.05) is 40.1 Å². The van der Waals surface area contributed by atoms with Crippen LogP contribution in [0.15, 0.2) is 18.2 Å². The van der Waals surface area contributed by atoms with Crippen LogP contribution in [-0.4, -0.2) is 28.2 Å². The van der Waals surface area contributed by atoms with Crippen LogP contribution in [0.5, 0.6) is 0 Å². The molecular formula is C12H15F3N2O2S. The summed E-state index contributed by atoms with van der Waals surface area (Å²) in [7, 11) is -1.04. The Balaban J connectivity index is 2.77. The molecule has 1 aromatic rings. The lowest BCUT2D eigenvalue weighted by molar-refractivity contribution is -0.136. The van der Waals surface area contributed by atoms with Crippen LogP contribution in [0.4, 0.5) is 18.9 Å². The number of rotatable bonds is 5. The molecule has 1 aromatic carbocycles. The van der Waals surface area contributed by atoms with Crippen LogP contribution in [0, 0.1) is 0 Å². The molecule has 1 rings (SSSR count). The summed E-state index contributed by atoms with van der Waals surface area (Å²) in [4.78, 5) is 11.7. The lowest BCUT2D eigenvalue weighted by Gasteiger charge is -2.11. The van der Waals surface area contributed by atoms with Gasteiger partial charge in [-0.3, -0.25) is 9.00 Å². The van der Waals surface area contributed by atoms with E-state index in [-0.39, 0.29) is 17.9 Å². The smallest absolute Gasteiger partial charge is 0.398 e. The number of amides is 1. The van der Waals surface area contributed by atoms with E-state index in [9.17, 15) is 22.2 Å². The van der Waals surface area contributed by atoms with Crippen molar-refractivity contribution in [3.8, 4) is 0 Å². The van der Waals surface area contributed by atoms with E-state index in [1.165, 1.54) is 6.07 Å². The Kier molecular flexibility index (Phi) is 5.55. The van der Waals surface area contributed by atoms with E-state index in [1.807, 2.05) is 0 Å². The summed E-state index contributed by atoms with van der Waals surface area (Å²) < 4.78 is 49.1. The Labute approximate surface area is 117 Å². The number of carbonyl (C=O) groups excluding carboxylic acids is 1. The Bertz CT molecular complexity index is 518. The van der Waals surface area contributed by atoms with Crippen molar-refractivity contribution in [3.63, 3.8) is 0 Å². The van der Waals surface area contributed by atoms with E-state index in [0.717, 1.165) is 6.07 Å². The first-order valence-electron chi connectivity index (χ1n) is 5.85. The van der Waals surface area contributed by atoms with Crippen LogP contribution < -0.4 is 11.1 Å². The molecule has 0 aromatic heterocycles. The van der Waals surface area contributed by atoms with E-state index in [2.05, 4.69) is 5.32 Å². The van der Waals surface area contributed by atoms with Crippen molar-refractivity contribution >= 4 is 22.4 Å². The number of hydrogen-bond acceptors (Lipinski definition) is 3. The average Bonchev–Trinajstić information content (AvgIpc) is 2.37. The molecule has 0 spiro atoms. The summed E-state index contributed by atoms with van der Waals surface area (Å²) in [5.41, 5.74) is 3.64. The zero-order chi connectivity index (χ0) is 15.3. The third-order valence-corrected chi connectivity index (χ3v) is 3.86.